The number of anilines is 1. The lowest BCUT2D eigenvalue weighted by Gasteiger charge is -2.07. The largest absolute Gasteiger partial charge is 0.772 e. The number of rotatable bonds is 8. The Morgan fingerprint density at radius 2 is 1.69 bits per heavy atom. The summed E-state index contributed by atoms with van der Waals surface area (Å²) in [5, 5.41) is 12.5. The summed E-state index contributed by atoms with van der Waals surface area (Å²) >= 11 is -0.720. The molecule has 152 valence electrons. The minimum atomic E-state index is -2.12. The molecule has 0 aliphatic rings. The van der Waals surface area contributed by atoms with Crippen molar-refractivity contribution >= 4 is 33.5 Å². The lowest BCUT2D eigenvalue weighted by atomic mass is 10.0. The maximum atomic E-state index is 11.4. The number of nitrogens with zero attached hydrogens (tertiary/aromatic N) is 1. The quantitative estimate of drug-likeness (QED) is 0.534. The normalized spacial score (nSPS) is 12.0. The highest BCUT2D eigenvalue weighted by Gasteiger charge is 2.14. The van der Waals surface area contributed by atoms with Crippen molar-refractivity contribution in [2.24, 2.45) is 0 Å². The number of amides is 1. The van der Waals surface area contributed by atoms with Crippen molar-refractivity contribution in [3.05, 3.63) is 70.9 Å². The first kappa shape index (κ1) is 21.3. The average molecular weight is 430 g/mol. The standard InChI is InChI=1S/C21H22N2O4S2/c1-14(25)22-21-23-19(11-8-15-2-4-16(12-24)5-3-15)20(28-21)18-9-6-17(7-10-18)13-29(26)27/h2-7,9-10,24H,8,11-13H2,1H3,(H,26,27)(H,22,23,25)/p-1. The van der Waals surface area contributed by atoms with Crippen LogP contribution in [0.3, 0.4) is 0 Å². The van der Waals surface area contributed by atoms with Crippen LogP contribution in [-0.2, 0) is 41.1 Å². The number of aromatic nitrogens is 1. The second-order valence-electron chi connectivity index (χ2n) is 6.60. The Morgan fingerprint density at radius 3 is 2.28 bits per heavy atom. The number of hydrogen-bond donors (Lipinski definition) is 2. The van der Waals surface area contributed by atoms with E-state index >= 15 is 0 Å². The van der Waals surface area contributed by atoms with Crippen LogP contribution in [0.2, 0.25) is 0 Å². The van der Waals surface area contributed by atoms with Gasteiger partial charge in [-0.25, -0.2) is 4.98 Å². The molecule has 1 atom stereocenters. The molecule has 1 aromatic heterocycles. The van der Waals surface area contributed by atoms with Crippen LogP contribution >= 0.6 is 11.3 Å². The van der Waals surface area contributed by atoms with Crippen molar-refractivity contribution in [2.45, 2.75) is 32.1 Å². The molecule has 2 N–H and O–H groups in total. The van der Waals surface area contributed by atoms with Crippen LogP contribution in [-0.4, -0.2) is 24.8 Å². The fourth-order valence-electron chi connectivity index (χ4n) is 2.91. The van der Waals surface area contributed by atoms with E-state index in [0.717, 1.165) is 39.2 Å². The fourth-order valence-corrected chi connectivity index (χ4v) is 4.44. The highest BCUT2D eigenvalue weighted by atomic mass is 32.2. The highest BCUT2D eigenvalue weighted by Crippen LogP contribution is 2.34. The molecule has 8 heteroatoms. The first-order valence-corrected chi connectivity index (χ1v) is 11.1. The number of carbonyl (C=O) groups is 1. The van der Waals surface area contributed by atoms with Crippen LogP contribution in [0, 0.1) is 0 Å². The Hall–Kier alpha value is -2.39. The summed E-state index contributed by atoms with van der Waals surface area (Å²) in [6.45, 7) is 1.47. The summed E-state index contributed by atoms with van der Waals surface area (Å²) in [6.07, 6.45) is 1.46. The van der Waals surface area contributed by atoms with E-state index in [-0.39, 0.29) is 18.3 Å². The number of hydrogen-bond acceptors (Lipinski definition) is 6. The fraction of sp³-hybridized carbons (Fsp3) is 0.238. The summed E-state index contributed by atoms with van der Waals surface area (Å²) in [7, 11) is 0. The predicted molar refractivity (Wildman–Crippen MR) is 114 cm³/mol. The van der Waals surface area contributed by atoms with Crippen molar-refractivity contribution < 1.29 is 18.7 Å². The molecule has 0 spiro atoms. The van der Waals surface area contributed by atoms with Gasteiger partial charge < -0.3 is 15.0 Å². The van der Waals surface area contributed by atoms with Crippen LogP contribution in [0.5, 0.6) is 0 Å². The van der Waals surface area contributed by atoms with Gasteiger partial charge in [-0.15, -0.1) is 0 Å². The van der Waals surface area contributed by atoms with E-state index in [2.05, 4.69) is 10.3 Å². The van der Waals surface area contributed by atoms with Crippen LogP contribution in [0.25, 0.3) is 10.4 Å². The van der Waals surface area contributed by atoms with Crippen molar-refractivity contribution in [2.75, 3.05) is 5.32 Å². The monoisotopic (exact) mass is 429 g/mol. The molecule has 2 aromatic carbocycles. The molecule has 3 rings (SSSR count). The minimum Gasteiger partial charge on any atom is -0.772 e. The summed E-state index contributed by atoms with van der Waals surface area (Å²) < 4.78 is 21.8. The smallest absolute Gasteiger partial charge is 0.223 e. The van der Waals surface area contributed by atoms with Gasteiger partial charge in [-0.05, 0) is 35.1 Å². The van der Waals surface area contributed by atoms with Crippen LogP contribution in [0.4, 0.5) is 5.13 Å². The number of aryl methyl sites for hydroxylation is 2. The Balaban J connectivity index is 1.83. The summed E-state index contributed by atoms with van der Waals surface area (Å²) in [4.78, 5) is 17.0. The molecule has 0 aliphatic carbocycles. The highest BCUT2D eigenvalue weighted by molar-refractivity contribution is 7.78. The van der Waals surface area contributed by atoms with Gasteiger partial charge in [-0.2, -0.15) is 0 Å². The van der Waals surface area contributed by atoms with Gasteiger partial charge in [-0.3, -0.25) is 9.00 Å². The molecule has 29 heavy (non-hydrogen) atoms. The second-order valence-corrected chi connectivity index (χ2v) is 8.49. The molecule has 0 radical (unpaired) electrons. The molecule has 1 amide bonds. The molecule has 1 unspecified atom stereocenters. The lowest BCUT2D eigenvalue weighted by Crippen LogP contribution is -2.05. The first-order valence-electron chi connectivity index (χ1n) is 9.05. The molecular weight excluding hydrogens is 408 g/mol. The van der Waals surface area contributed by atoms with E-state index in [0.29, 0.717) is 11.6 Å². The first-order chi connectivity index (χ1) is 13.9. The van der Waals surface area contributed by atoms with Crippen LogP contribution in [0.15, 0.2) is 48.5 Å². The number of aliphatic hydroxyl groups excluding tert-OH is 1. The van der Waals surface area contributed by atoms with Crippen molar-refractivity contribution in [1.29, 1.82) is 0 Å². The number of thiazole rings is 1. The molecule has 0 aliphatic heterocycles. The predicted octanol–water partition coefficient (Wildman–Crippen LogP) is 3.43. The van der Waals surface area contributed by atoms with Crippen LogP contribution < -0.4 is 5.32 Å². The molecular formula is C21H21N2O4S2-. The van der Waals surface area contributed by atoms with Gasteiger partial charge in [0.1, 0.15) is 0 Å². The summed E-state index contributed by atoms with van der Waals surface area (Å²) in [5.41, 5.74) is 4.54. The Morgan fingerprint density at radius 1 is 1.07 bits per heavy atom. The van der Waals surface area contributed by atoms with Crippen molar-refractivity contribution in [3.8, 4) is 10.4 Å². The molecule has 3 aromatic rings. The van der Waals surface area contributed by atoms with Crippen molar-refractivity contribution in [3.63, 3.8) is 0 Å². The molecule has 1 heterocycles. The molecule has 0 bridgehead atoms. The summed E-state index contributed by atoms with van der Waals surface area (Å²) in [6, 6.07) is 15.1. The number of aliphatic hydroxyl groups is 1. The second kappa shape index (κ2) is 9.89. The van der Waals surface area contributed by atoms with Gasteiger partial charge in [0.2, 0.25) is 5.91 Å². The Labute approximate surface area is 175 Å². The van der Waals surface area contributed by atoms with E-state index in [1.165, 1.54) is 18.3 Å². The van der Waals surface area contributed by atoms with Crippen LogP contribution in [0.1, 0.15) is 29.3 Å². The van der Waals surface area contributed by atoms with Gasteiger partial charge in [0.05, 0.1) is 17.2 Å². The summed E-state index contributed by atoms with van der Waals surface area (Å²) in [5.74, 6) is -0.193. The van der Waals surface area contributed by atoms with Gasteiger partial charge in [0.25, 0.3) is 0 Å². The van der Waals surface area contributed by atoms with Gasteiger partial charge in [0.15, 0.2) is 5.13 Å². The lowest BCUT2D eigenvalue weighted by molar-refractivity contribution is -0.114. The third kappa shape index (κ3) is 6.04. The maximum absolute atomic E-state index is 11.4. The Kier molecular flexibility index (Phi) is 7.27. The van der Waals surface area contributed by atoms with E-state index in [1.807, 2.05) is 36.4 Å². The van der Waals surface area contributed by atoms with Gasteiger partial charge >= 0.3 is 0 Å². The van der Waals surface area contributed by atoms with Gasteiger partial charge in [0, 0.05) is 12.7 Å². The third-order valence-corrected chi connectivity index (χ3v) is 5.97. The Bertz CT molecular complexity index is 999. The SMILES string of the molecule is CC(=O)Nc1nc(CCc2ccc(CO)cc2)c(-c2ccc(CS(=O)[O-])cc2)s1. The number of benzene rings is 2. The van der Waals surface area contributed by atoms with E-state index in [9.17, 15) is 13.6 Å². The van der Waals surface area contributed by atoms with E-state index < -0.39 is 11.1 Å². The third-order valence-electron chi connectivity index (χ3n) is 4.34. The van der Waals surface area contributed by atoms with E-state index in [1.54, 1.807) is 12.1 Å². The van der Waals surface area contributed by atoms with Gasteiger partial charge in [-0.1, -0.05) is 70.9 Å². The van der Waals surface area contributed by atoms with E-state index in [4.69, 9.17) is 5.11 Å². The molecule has 0 saturated heterocycles. The number of carbonyl (C=O) groups excluding carboxylic acids is 1. The molecule has 0 fully saturated rings. The zero-order valence-electron chi connectivity index (χ0n) is 15.9. The topological polar surface area (TPSA) is 102 Å². The zero-order chi connectivity index (χ0) is 20.8. The zero-order valence-corrected chi connectivity index (χ0v) is 17.5. The molecule has 0 saturated carbocycles. The van der Waals surface area contributed by atoms with Crippen molar-refractivity contribution in [1.82, 2.24) is 4.98 Å². The minimum absolute atomic E-state index is 0.0171. The maximum Gasteiger partial charge on any atom is 0.223 e. The average Bonchev–Trinajstić information content (AvgIpc) is 3.08. The number of nitrogens with one attached hydrogen (secondary N) is 1. The molecule has 6 nitrogen and oxygen atoms in total.